The average Bonchev–Trinajstić information content (AvgIpc) is 3.20. The van der Waals surface area contributed by atoms with Gasteiger partial charge in [0.1, 0.15) is 48.8 Å². The highest BCUT2D eigenvalue weighted by atomic mass is 16.7. The van der Waals surface area contributed by atoms with E-state index in [0.29, 0.717) is 0 Å². The molecule has 0 radical (unpaired) electrons. The van der Waals surface area contributed by atoms with E-state index in [0.717, 1.165) is 33.4 Å². The molecule has 2 aliphatic heterocycles. The van der Waals surface area contributed by atoms with Crippen molar-refractivity contribution in [1.29, 1.82) is 0 Å². The van der Waals surface area contributed by atoms with Crippen LogP contribution < -0.4 is 0 Å². The number of aliphatic hydroxyl groups is 8. The van der Waals surface area contributed by atoms with Crippen molar-refractivity contribution < 1.29 is 59.8 Å². The number of ether oxygens (including phenoxy) is 4. The molecule has 0 amide bonds. The van der Waals surface area contributed by atoms with E-state index in [9.17, 15) is 40.9 Å². The van der Waals surface area contributed by atoms with Crippen molar-refractivity contribution in [3.8, 4) is 0 Å². The first-order valence-corrected chi connectivity index (χ1v) is 21.7. The molecule has 12 nitrogen and oxygen atoms in total. The minimum Gasteiger partial charge on any atom is -0.388 e. The highest BCUT2D eigenvalue weighted by molar-refractivity contribution is 5.34. The van der Waals surface area contributed by atoms with E-state index in [2.05, 4.69) is 0 Å². The smallest absolute Gasteiger partial charge is 0.187 e. The van der Waals surface area contributed by atoms with Gasteiger partial charge in [0.05, 0.1) is 23.4 Å². The molecular weight excluding hydrogens is 817 g/mol. The molecule has 0 bridgehead atoms. The van der Waals surface area contributed by atoms with Crippen LogP contribution in [0.3, 0.4) is 0 Å². The Balaban J connectivity index is 1.89. The van der Waals surface area contributed by atoms with Crippen LogP contribution in [-0.4, -0.2) is 126 Å². The Morgan fingerprint density at radius 3 is 0.922 bits per heavy atom. The fourth-order valence-electron chi connectivity index (χ4n) is 6.07. The van der Waals surface area contributed by atoms with Crippen LogP contribution in [0.25, 0.3) is 0 Å². The number of aliphatic hydroxyl groups excluding tert-OH is 6. The predicted molar refractivity (Wildman–Crippen MR) is 254 cm³/mol. The summed E-state index contributed by atoms with van der Waals surface area (Å²) in [6.45, 7) is 21.3. The van der Waals surface area contributed by atoms with Crippen molar-refractivity contribution in [3.05, 3.63) is 155 Å². The molecule has 64 heavy (non-hydrogen) atoms. The maximum atomic E-state index is 10.7. The van der Waals surface area contributed by atoms with Crippen LogP contribution in [0.2, 0.25) is 0 Å². The summed E-state index contributed by atoms with van der Waals surface area (Å²) < 4.78 is 22.8. The summed E-state index contributed by atoms with van der Waals surface area (Å²) in [7, 11) is 0. The molecule has 2 fully saturated rings. The topological polar surface area (TPSA) is 199 Å². The summed E-state index contributed by atoms with van der Waals surface area (Å²) in [6, 6.07) is 0. The van der Waals surface area contributed by atoms with E-state index in [4.69, 9.17) is 18.9 Å². The highest BCUT2D eigenvalue weighted by Gasteiger charge is 2.45. The van der Waals surface area contributed by atoms with E-state index in [1.807, 2.05) is 139 Å². The van der Waals surface area contributed by atoms with Crippen molar-refractivity contribution in [2.45, 2.75) is 168 Å². The van der Waals surface area contributed by atoms with Crippen LogP contribution in [0, 0.1) is 0 Å². The molecule has 0 aromatic heterocycles. The van der Waals surface area contributed by atoms with Crippen molar-refractivity contribution in [2.24, 2.45) is 0 Å². The first kappa shape index (κ1) is 56.3. The lowest BCUT2D eigenvalue weighted by Gasteiger charge is -2.41. The number of rotatable bonds is 20. The molecule has 356 valence electrons. The van der Waals surface area contributed by atoms with Gasteiger partial charge in [-0.3, -0.25) is 0 Å². The Kier molecular flexibility index (Phi) is 23.7. The van der Waals surface area contributed by atoms with Crippen molar-refractivity contribution in [1.82, 2.24) is 0 Å². The predicted octanol–water partition coefficient (Wildman–Crippen LogP) is 6.52. The normalized spacial score (nSPS) is 30.5. The molecule has 0 aromatic carbocycles. The molecule has 0 saturated carbocycles. The lowest BCUT2D eigenvalue weighted by Crippen LogP contribution is -2.58. The Hall–Kier alpha value is -3.86. The number of allylic oxidation sites excluding steroid dienone is 24. The number of hydrogen-bond acceptors (Lipinski definition) is 12. The Morgan fingerprint density at radius 2 is 0.656 bits per heavy atom. The molecule has 8 N–H and O–H groups in total. The van der Waals surface area contributed by atoms with Crippen molar-refractivity contribution >= 4 is 0 Å². The molecule has 0 spiro atoms. The molecule has 12 heteroatoms. The van der Waals surface area contributed by atoms with Gasteiger partial charge in [-0.15, -0.1) is 0 Å². The van der Waals surface area contributed by atoms with E-state index in [1.165, 1.54) is 0 Å². The summed E-state index contributed by atoms with van der Waals surface area (Å²) in [5.74, 6) is 0. The van der Waals surface area contributed by atoms with Crippen molar-refractivity contribution in [2.75, 3.05) is 0 Å². The van der Waals surface area contributed by atoms with Gasteiger partial charge in [-0.1, -0.05) is 155 Å². The first-order chi connectivity index (χ1) is 29.8. The molecule has 2 rings (SSSR count). The van der Waals surface area contributed by atoms with Gasteiger partial charge in [-0.25, -0.2) is 0 Å². The fraction of sp³-hybridized carbons (Fsp3) is 0.500. The third kappa shape index (κ3) is 20.1. The standard InChI is InChI=1S/C52H76O12/c1-33(21-15-23-35(3)25-17-27-37(5)29-31-41(51(9,10)59)63-49-47(57)45(55)43(53)39(7)61-49)19-13-14-20-34(2)22-16-24-36(4)26-18-28-38(6)30-32-42(52(11,12)60)64-50-48(58)46(56)44(54)40(8)62-50/h13-32,39-50,53-60H,1-12H3/b14-13+,21-15+,22-16+,25-17+,26-18+,31-29+,32-30+,33-19+,34-20+,35-23+,36-24+,37-27+,38-28+/t39-,40-,41-,42-,43-,44-,45+,46+,47+,48+,49-,50-/m0/s1. The maximum Gasteiger partial charge on any atom is 0.187 e. The zero-order valence-corrected chi connectivity index (χ0v) is 39.7. The molecule has 2 saturated heterocycles. The van der Waals surface area contributed by atoms with Gasteiger partial charge >= 0.3 is 0 Å². The lowest BCUT2D eigenvalue weighted by molar-refractivity contribution is -0.309. The molecule has 12 atom stereocenters. The largest absolute Gasteiger partial charge is 0.388 e. The van der Waals surface area contributed by atoms with Gasteiger partial charge < -0.3 is 59.8 Å². The van der Waals surface area contributed by atoms with Crippen molar-refractivity contribution in [3.63, 3.8) is 0 Å². The van der Waals surface area contributed by atoms with Gasteiger partial charge in [-0.05, 0) is 83.1 Å². The van der Waals surface area contributed by atoms with E-state index < -0.39 is 84.8 Å². The fourth-order valence-corrected chi connectivity index (χ4v) is 6.07. The molecule has 2 heterocycles. The molecular formula is C52H76O12. The molecule has 0 aromatic rings. The van der Waals surface area contributed by atoms with Crippen LogP contribution in [0.15, 0.2) is 155 Å². The Bertz CT molecular complexity index is 1740. The first-order valence-electron chi connectivity index (χ1n) is 21.7. The second-order valence-corrected chi connectivity index (χ2v) is 17.8. The van der Waals surface area contributed by atoms with E-state index in [-0.39, 0.29) is 0 Å². The summed E-state index contributed by atoms with van der Waals surface area (Å²) in [6.07, 6.45) is 24.7. The second-order valence-electron chi connectivity index (χ2n) is 17.8. The Morgan fingerprint density at radius 1 is 0.406 bits per heavy atom. The minimum atomic E-state index is -1.47. The SMILES string of the molecule is CC(/C=C/C=C(C)/C=C/C=C(C)/C=C/[C@H](O[C@@H]1O[C@@H](C)[C@H](O)[C@@H](O)[C@H]1O)C(C)(C)O)=C\C=C\C=C(C)\C=C\C=C(C)\C=C\C=C(C)\C=C\[C@H](O[C@@H]1O[C@@H](C)[C@H](O)[C@@H](O)[C@H]1O)C(C)(C)O. The third-order valence-electron chi connectivity index (χ3n) is 10.3. The van der Waals surface area contributed by atoms with Gasteiger partial charge in [0.25, 0.3) is 0 Å². The quantitative estimate of drug-likeness (QED) is 0.0617. The maximum absolute atomic E-state index is 10.7. The van der Waals surface area contributed by atoms with Crippen LogP contribution in [0.1, 0.15) is 83.1 Å². The van der Waals surface area contributed by atoms with Crippen LogP contribution in [0.5, 0.6) is 0 Å². The zero-order valence-electron chi connectivity index (χ0n) is 39.7. The Labute approximate surface area is 381 Å². The van der Waals surface area contributed by atoms with Crippen LogP contribution >= 0.6 is 0 Å². The van der Waals surface area contributed by atoms with E-state index in [1.54, 1.807) is 65.8 Å². The molecule has 0 aliphatic carbocycles. The second kappa shape index (κ2) is 26.9. The van der Waals surface area contributed by atoms with E-state index >= 15 is 0 Å². The molecule has 0 unspecified atom stereocenters. The van der Waals surface area contributed by atoms with Gasteiger partial charge in [0, 0.05) is 0 Å². The molecule has 2 aliphatic rings. The zero-order chi connectivity index (χ0) is 48.4. The summed E-state index contributed by atoms with van der Waals surface area (Å²) >= 11 is 0. The van der Waals surface area contributed by atoms with Gasteiger partial charge in [-0.2, -0.15) is 0 Å². The third-order valence-corrected chi connectivity index (χ3v) is 10.3. The van der Waals surface area contributed by atoms with Crippen LogP contribution in [-0.2, 0) is 18.9 Å². The summed E-state index contributed by atoms with van der Waals surface area (Å²) in [4.78, 5) is 0. The van der Waals surface area contributed by atoms with Gasteiger partial charge in [0.2, 0.25) is 0 Å². The highest BCUT2D eigenvalue weighted by Crippen LogP contribution is 2.28. The van der Waals surface area contributed by atoms with Gasteiger partial charge in [0.15, 0.2) is 12.6 Å². The summed E-state index contributed by atoms with van der Waals surface area (Å²) in [5, 5.41) is 82.2. The lowest BCUT2D eigenvalue weighted by atomic mass is 9.98. The van der Waals surface area contributed by atoms with Crippen LogP contribution in [0.4, 0.5) is 0 Å². The minimum absolute atomic E-state index is 0.754. The number of hydrogen-bond donors (Lipinski definition) is 8. The summed E-state index contributed by atoms with van der Waals surface area (Å²) in [5.41, 5.74) is 3.42. The average molecular weight is 893 g/mol. The monoisotopic (exact) mass is 893 g/mol.